The van der Waals surface area contributed by atoms with Crippen LogP contribution in [0, 0.1) is 32.8 Å². The average Bonchev–Trinajstić information content (AvgIpc) is 3.04. The Morgan fingerprint density at radius 2 is 2.41 bits per heavy atom. The van der Waals surface area contributed by atoms with Gasteiger partial charge in [-0.3, -0.25) is 14.9 Å². The highest BCUT2D eigenvalue weighted by atomic mass is 16.6. The van der Waals surface area contributed by atoms with Gasteiger partial charge in [-0.15, -0.1) is 0 Å². The quantitative estimate of drug-likeness (QED) is 0.664. The van der Waals surface area contributed by atoms with Crippen molar-refractivity contribution >= 4 is 17.5 Å². The van der Waals surface area contributed by atoms with Crippen LogP contribution in [0.4, 0.5) is 11.5 Å². The summed E-state index contributed by atoms with van der Waals surface area (Å²) in [7, 11) is 0. The lowest BCUT2D eigenvalue weighted by atomic mass is 9.81. The first-order chi connectivity index (χ1) is 10.5. The SMILES string of the molecule is N#Cc1ccnc(N2C[C@@H]3CCC[C@@]3(C(=O)O)C2)c1[N+](=O)[O-]. The van der Waals surface area contributed by atoms with E-state index in [4.69, 9.17) is 5.26 Å². The van der Waals surface area contributed by atoms with Crippen molar-refractivity contribution in [3.05, 3.63) is 27.9 Å². The van der Waals surface area contributed by atoms with Crippen molar-refractivity contribution < 1.29 is 14.8 Å². The van der Waals surface area contributed by atoms with E-state index in [2.05, 4.69) is 4.98 Å². The van der Waals surface area contributed by atoms with Crippen LogP contribution in [0.3, 0.4) is 0 Å². The molecule has 0 spiro atoms. The Labute approximate surface area is 126 Å². The molecule has 1 N–H and O–H groups in total. The van der Waals surface area contributed by atoms with Gasteiger partial charge in [0.1, 0.15) is 11.6 Å². The standard InChI is InChI=1S/C14H14N4O4/c15-6-9-3-5-16-12(11(9)18(21)22)17-7-10-2-1-4-14(10,8-17)13(19)20/h3,5,10H,1-2,4,7-8H2,(H,19,20)/t10-,14+/m0/s1. The predicted molar refractivity (Wildman–Crippen MR) is 75.2 cm³/mol. The Morgan fingerprint density at radius 1 is 1.64 bits per heavy atom. The zero-order valence-corrected chi connectivity index (χ0v) is 11.7. The van der Waals surface area contributed by atoms with E-state index in [-0.39, 0.29) is 29.5 Å². The number of hydrogen-bond acceptors (Lipinski definition) is 6. The number of nitro groups is 1. The van der Waals surface area contributed by atoms with Crippen LogP contribution < -0.4 is 4.90 Å². The lowest BCUT2D eigenvalue weighted by Gasteiger charge is -2.23. The van der Waals surface area contributed by atoms with Crippen LogP contribution in [0.5, 0.6) is 0 Å². The summed E-state index contributed by atoms with van der Waals surface area (Å²) in [5.74, 6) is -0.784. The summed E-state index contributed by atoms with van der Waals surface area (Å²) >= 11 is 0. The molecule has 8 heteroatoms. The van der Waals surface area contributed by atoms with Gasteiger partial charge in [-0.05, 0) is 24.8 Å². The highest BCUT2D eigenvalue weighted by Gasteiger charge is 2.55. The number of hydrogen-bond donors (Lipinski definition) is 1. The number of pyridine rings is 1. The molecule has 1 aromatic rings. The lowest BCUT2D eigenvalue weighted by molar-refractivity contribution is -0.384. The van der Waals surface area contributed by atoms with Gasteiger partial charge < -0.3 is 10.0 Å². The number of aliphatic carboxylic acids is 1. The molecule has 2 fully saturated rings. The van der Waals surface area contributed by atoms with Crippen LogP contribution in [-0.4, -0.2) is 34.1 Å². The molecule has 0 aromatic carbocycles. The van der Waals surface area contributed by atoms with Gasteiger partial charge in [0.05, 0.1) is 10.3 Å². The molecule has 1 saturated heterocycles. The molecule has 2 aliphatic rings. The van der Waals surface area contributed by atoms with E-state index >= 15 is 0 Å². The molecule has 2 heterocycles. The Morgan fingerprint density at radius 3 is 3.00 bits per heavy atom. The van der Waals surface area contributed by atoms with E-state index in [9.17, 15) is 20.0 Å². The summed E-state index contributed by atoms with van der Waals surface area (Å²) in [4.78, 5) is 28.1. The first-order valence-corrected chi connectivity index (χ1v) is 7.01. The molecule has 3 rings (SSSR count). The topological polar surface area (TPSA) is 120 Å². The molecule has 0 bridgehead atoms. The van der Waals surface area contributed by atoms with Crippen LogP contribution in [0.15, 0.2) is 12.3 Å². The van der Waals surface area contributed by atoms with E-state index in [0.717, 1.165) is 12.8 Å². The van der Waals surface area contributed by atoms with Gasteiger partial charge in [-0.2, -0.15) is 5.26 Å². The summed E-state index contributed by atoms with van der Waals surface area (Å²) in [6.07, 6.45) is 3.59. The minimum absolute atomic E-state index is 0.0304. The second-order valence-electron chi connectivity index (χ2n) is 5.83. The van der Waals surface area contributed by atoms with Crippen LogP contribution in [0.1, 0.15) is 24.8 Å². The first kappa shape index (κ1) is 14.3. The van der Waals surface area contributed by atoms with Gasteiger partial charge in [0.25, 0.3) is 0 Å². The number of carboxylic acid groups (broad SMARTS) is 1. The van der Waals surface area contributed by atoms with Crippen molar-refractivity contribution in [2.24, 2.45) is 11.3 Å². The molecule has 1 saturated carbocycles. The van der Waals surface area contributed by atoms with E-state index in [1.165, 1.54) is 12.3 Å². The fourth-order valence-corrected chi connectivity index (χ4v) is 3.74. The van der Waals surface area contributed by atoms with E-state index in [1.807, 2.05) is 0 Å². The lowest BCUT2D eigenvalue weighted by Crippen LogP contribution is -2.36. The number of carbonyl (C=O) groups is 1. The smallest absolute Gasteiger partial charge is 0.329 e. The Bertz CT molecular complexity index is 699. The highest BCUT2D eigenvalue weighted by Crippen LogP contribution is 2.50. The highest BCUT2D eigenvalue weighted by molar-refractivity contribution is 5.78. The summed E-state index contributed by atoms with van der Waals surface area (Å²) in [6.45, 7) is 0.630. The largest absolute Gasteiger partial charge is 0.481 e. The number of anilines is 1. The fraction of sp³-hybridized carbons (Fsp3) is 0.500. The minimum atomic E-state index is -0.850. The maximum Gasteiger partial charge on any atom is 0.329 e. The number of fused-ring (bicyclic) bond motifs is 1. The number of nitriles is 1. The number of carboxylic acids is 1. The van der Waals surface area contributed by atoms with Gasteiger partial charge in [0.15, 0.2) is 0 Å². The third kappa shape index (κ3) is 1.89. The molecule has 0 amide bonds. The molecule has 114 valence electrons. The molecule has 8 nitrogen and oxygen atoms in total. The van der Waals surface area contributed by atoms with Crippen molar-refractivity contribution in [2.45, 2.75) is 19.3 Å². The summed E-state index contributed by atoms with van der Waals surface area (Å²) < 4.78 is 0. The van der Waals surface area contributed by atoms with E-state index in [1.54, 1.807) is 11.0 Å². The number of nitrogens with zero attached hydrogens (tertiary/aromatic N) is 4. The monoisotopic (exact) mass is 302 g/mol. The van der Waals surface area contributed by atoms with Crippen molar-refractivity contribution in [3.63, 3.8) is 0 Å². The first-order valence-electron chi connectivity index (χ1n) is 7.01. The molecular formula is C14H14N4O4. The fourth-order valence-electron chi connectivity index (χ4n) is 3.74. The molecule has 1 aliphatic heterocycles. The van der Waals surface area contributed by atoms with Crippen molar-refractivity contribution in [2.75, 3.05) is 18.0 Å². The summed E-state index contributed by atoms with van der Waals surface area (Å²) in [5.41, 5.74) is -1.25. The van der Waals surface area contributed by atoms with Gasteiger partial charge in [0.2, 0.25) is 5.82 Å². The molecule has 1 aromatic heterocycles. The Hall–Kier alpha value is -2.69. The average molecular weight is 302 g/mol. The van der Waals surface area contributed by atoms with E-state index < -0.39 is 16.3 Å². The molecule has 0 unspecified atom stereocenters. The van der Waals surface area contributed by atoms with Gasteiger partial charge in [0, 0.05) is 19.3 Å². The number of rotatable bonds is 3. The van der Waals surface area contributed by atoms with Crippen LogP contribution in [0.2, 0.25) is 0 Å². The minimum Gasteiger partial charge on any atom is -0.481 e. The van der Waals surface area contributed by atoms with Crippen molar-refractivity contribution in [1.82, 2.24) is 4.98 Å². The molecule has 0 radical (unpaired) electrons. The van der Waals surface area contributed by atoms with Crippen molar-refractivity contribution in [3.8, 4) is 6.07 Å². The zero-order chi connectivity index (χ0) is 15.9. The third-order valence-corrected chi connectivity index (χ3v) is 4.80. The summed E-state index contributed by atoms with van der Waals surface area (Å²) in [6, 6.07) is 3.10. The van der Waals surface area contributed by atoms with Crippen LogP contribution >= 0.6 is 0 Å². The zero-order valence-electron chi connectivity index (χ0n) is 11.7. The molecular weight excluding hydrogens is 288 g/mol. The van der Waals surface area contributed by atoms with Gasteiger partial charge >= 0.3 is 11.7 Å². The molecule has 22 heavy (non-hydrogen) atoms. The normalized spacial score (nSPS) is 26.5. The predicted octanol–water partition coefficient (Wildman–Crippen LogP) is 1.55. The second kappa shape index (κ2) is 4.94. The Balaban J connectivity index is 2.03. The third-order valence-electron chi connectivity index (χ3n) is 4.80. The maximum absolute atomic E-state index is 11.7. The Kier molecular flexibility index (Phi) is 3.20. The second-order valence-corrected chi connectivity index (χ2v) is 5.83. The van der Waals surface area contributed by atoms with E-state index in [0.29, 0.717) is 13.0 Å². The molecule has 2 atom stereocenters. The number of aromatic nitrogens is 1. The maximum atomic E-state index is 11.7. The molecule has 1 aliphatic carbocycles. The van der Waals surface area contributed by atoms with Crippen LogP contribution in [0.25, 0.3) is 0 Å². The van der Waals surface area contributed by atoms with Gasteiger partial charge in [-0.1, -0.05) is 6.42 Å². The van der Waals surface area contributed by atoms with Crippen LogP contribution in [-0.2, 0) is 4.79 Å². The van der Waals surface area contributed by atoms with Gasteiger partial charge in [-0.25, -0.2) is 4.98 Å². The summed E-state index contributed by atoms with van der Waals surface area (Å²) in [5, 5.41) is 29.9. The van der Waals surface area contributed by atoms with Crippen molar-refractivity contribution in [1.29, 1.82) is 5.26 Å².